The highest BCUT2D eigenvalue weighted by Gasteiger charge is 2.57. The number of hydrogen-bond acceptors (Lipinski definition) is 4. The van der Waals surface area contributed by atoms with Gasteiger partial charge in [0.1, 0.15) is 6.33 Å². The molecule has 0 aromatic carbocycles. The van der Waals surface area contributed by atoms with Crippen molar-refractivity contribution in [2.75, 3.05) is 0 Å². The van der Waals surface area contributed by atoms with Crippen LogP contribution >= 0.6 is 0 Å². The Bertz CT molecular complexity index is 633. The van der Waals surface area contributed by atoms with Crippen LogP contribution < -0.4 is 5.32 Å². The zero-order chi connectivity index (χ0) is 15.3. The summed E-state index contributed by atoms with van der Waals surface area (Å²) in [6, 6.07) is 0.0482. The van der Waals surface area contributed by atoms with E-state index in [-0.39, 0.29) is 29.7 Å². The molecule has 1 unspecified atom stereocenters. The van der Waals surface area contributed by atoms with Crippen molar-refractivity contribution >= 4 is 11.9 Å². The van der Waals surface area contributed by atoms with E-state index in [4.69, 9.17) is 0 Å². The van der Waals surface area contributed by atoms with Gasteiger partial charge < -0.3 is 10.4 Å². The van der Waals surface area contributed by atoms with Crippen molar-refractivity contribution < 1.29 is 14.7 Å². The first-order chi connectivity index (χ1) is 10.6. The fourth-order valence-corrected chi connectivity index (χ4v) is 4.22. The fraction of sp³-hybridized carbons (Fsp3) is 0.625. The number of carbonyl (C=O) groups excluding carboxylic acids is 1. The number of aromatic nitrogens is 2. The van der Waals surface area contributed by atoms with Crippen LogP contribution in [0.15, 0.2) is 12.5 Å². The average molecular weight is 301 g/mol. The van der Waals surface area contributed by atoms with Gasteiger partial charge in [-0.1, -0.05) is 0 Å². The van der Waals surface area contributed by atoms with E-state index in [0.717, 1.165) is 30.5 Å². The van der Waals surface area contributed by atoms with E-state index in [1.54, 1.807) is 12.5 Å². The van der Waals surface area contributed by atoms with E-state index < -0.39 is 5.97 Å². The molecule has 0 bridgehead atoms. The van der Waals surface area contributed by atoms with E-state index in [0.29, 0.717) is 18.8 Å². The predicted molar refractivity (Wildman–Crippen MR) is 76.8 cm³/mol. The lowest BCUT2D eigenvalue weighted by Crippen LogP contribution is -2.41. The molecule has 5 atom stereocenters. The SMILES string of the molecule is O=C(N[C@H]1C[C@@H](C(=O)O)[C@@H]2C[C@@H]21)C1CCc2ncncc2C1. The summed E-state index contributed by atoms with van der Waals surface area (Å²) < 4.78 is 0. The van der Waals surface area contributed by atoms with Gasteiger partial charge in [-0.2, -0.15) is 0 Å². The van der Waals surface area contributed by atoms with Gasteiger partial charge in [-0.25, -0.2) is 9.97 Å². The summed E-state index contributed by atoms with van der Waals surface area (Å²) in [6.45, 7) is 0. The number of carboxylic acids is 1. The van der Waals surface area contributed by atoms with Gasteiger partial charge in [-0.3, -0.25) is 9.59 Å². The molecular formula is C16H19N3O3. The first-order valence-corrected chi connectivity index (χ1v) is 7.94. The predicted octanol–water partition coefficient (Wildman–Crippen LogP) is 0.807. The third-order valence-corrected chi connectivity index (χ3v) is 5.53. The van der Waals surface area contributed by atoms with Crippen LogP contribution in [-0.2, 0) is 22.4 Å². The maximum absolute atomic E-state index is 12.5. The second kappa shape index (κ2) is 5.04. The van der Waals surface area contributed by atoms with Crippen LogP contribution in [0, 0.1) is 23.7 Å². The maximum Gasteiger partial charge on any atom is 0.306 e. The van der Waals surface area contributed by atoms with Crippen molar-refractivity contribution in [2.24, 2.45) is 23.7 Å². The van der Waals surface area contributed by atoms with E-state index in [1.807, 2.05) is 0 Å². The molecule has 22 heavy (non-hydrogen) atoms. The smallest absolute Gasteiger partial charge is 0.306 e. The molecule has 2 N–H and O–H groups in total. The van der Waals surface area contributed by atoms with Crippen LogP contribution in [0.1, 0.15) is 30.5 Å². The summed E-state index contributed by atoms with van der Waals surface area (Å²) in [6.07, 6.45) is 7.19. The van der Waals surface area contributed by atoms with Gasteiger partial charge in [0.25, 0.3) is 0 Å². The number of nitrogens with one attached hydrogen (secondary N) is 1. The maximum atomic E-state index is 12.5. The molecular weight excluding hydrogens is 282 g/mol. The summed E-state index contributed by atoms with van der Waals surface area (Å²) in [5, 5.41) is 12.3. The zero-order valence-corrected chi connectivity index (χ0v) is 12.2. The van der Waals surface area contributed by atoms with Crippen molar-refractivity contribution in [1.29, 1.82) is 0 Å². The number of hydrogen-bond donors (Lipinski definition) is 2. The molecule has 2 saturated carbocycles. The molecule has 6 heteroatoms. The van der Waals surface area contributed by atoms with Gasteiger partial charge in [-0.05, 0) is 49.5 Å². The summed E-state index contributed by atoms with van der Waals surface area (Å²) in [7, 11) is 0. The Morgan fingerprint density at radius 3 is 2.91 bits per heavy atom. The number of carbonyl (C=O) groups is 2. The highest BCUT2D eigenvalue weighted by molar-refractivity contribution is 5.80. The van der Waals surface area contributed by atoms with Crippen molar-refractivity contribution in [3.63, 3.8) is 0 Å². The standard InChI is InChI=1S/C16H19N3O3/c20-15(8-1-2-13-9(3-8)6-17-7-18-13)19-14-5-12(16(21)22)10-4-11(10)14/h6-8,10-12,14H,1-5H2,(H,19,20)(H,21,22)/t8?,10-,11+,12-,14+/m1/s1. The second-order valence-corrected chi connectivity index (χ2v) is 6.79. The second-order valence-electron chi connectivity index (χ2n) is 6.79. The normalized spacial score (nSPS) is 35.4. The number of rotatable bonds is 3. The Kier molecular flexibility index (Phi) is 3.13. The number of aryl methyl sites for hydroxylation is 1. The molecule has 2 fully saturated rings. The average Bonchev–Trinajstić information content (AvgIpc) is 3.23. The molecule has 1 heterocycles. The molecule has 1 aromatic heterocycles. The van der Waals surface area contributed by atoms with Crippen LogP contribution in [0.3, 0.4) is 0 Å². The van der Waals surface area contributed by atoms with Gasteiger partial charge in [0.2, 0.25) is 5.91 Å². The number of fused-ring (bicyclic) bond motifs is 2. The lowest BCUT2D eigenvalue weighted by molar-refractivity contribution is -0.142. The van der Waals surface area contributed by atoms with Crippen molar-refractivity contribution in [1.82, 2.24) is 15.3 Å². The molecule has 1 aromatic rings. The monoisotopic (exact) mass is 301 g/mol. The minimum atomic E-state index is -0.715. The molecule has 0 radical (unpaired) electrons. The molecule has 1 amide bonds. The van der Waals surface area contributed by atoms with Crippen LogP contribution in [0.5, 0.6) is 0 Å². The van der Waals surface area contributed by atoms with E-state index in [1.165, 1.54) is 0 Å². The van der Waals surface area contributed by atoms with Gasteiger partial charge in [-0.15, -0.1) is 0 Å². The molecule has 3 aliphatic carbocycles. The highest BCUT2D eigenvalue weighted by atomic mass is 16.4. The Hall–Kier alpha value is -1.98. The van der Waals surface area contributed by atoms with Crippen LogP contribution in [0.4, 0.5) is 0 Å². The summed E-state index contributed by atoms with van der Waals surface area (Å²) in [4.78, 5) is 32.0. The van der Waals surface area contributed by atoms with Crippen molar-refractivity contribution in [3.8, 4) is 0 Å². The number of aliphatic carboxylic acids is 1. The molecule has 3 aliphatic rings. The first-order valence-electron chi connectivity index (χ1n) is 7.94. The van der Waals surface area contributed by atoms with E-state index in [9.17, 15) is 14.7 Å². The van der Waals surface area contributed by atoms with Crippen LogP contribution in [-0.4, -0.2) is 33.0 Å². The lowest BCUT2D eigenvalue weighted by atomic mass is 9.86. The lowest BCUT2D eigenvalue weighted by Gasteiger charge is -2.25. The molecule has 0 spiro atoms. The zero-order valence-electron chi connectivity index (χ0n) is 12.2. The Morgan fingerprint density at radius 1 is 1.27 bits per heavy atom. The van der Waals surface area contributed by atoms with Gasteiger partial charge in [0, 0.05) is 23.9 Å². The van der Waals surface area contributed by atoms with E-state index in [2.05, 4.69) is 15.3 Å². The Labute approximate surface area is 128 Å². The molecule has 0 aliphatic heterocycles. The fourth-order valence-electron chi connectivity index (χ4n) is 4.22. The molecule has 116 valence electrons. The third kappa shape index (κ3) is 2.26. The molecule has 6 nitrogen and oxygen atoms in total. The minimum absolute atomic E-state index is 0.0421. The minimum Gasteiger partial charge on any atom is -0.481 e. The Morgan fingerprint density at radius 2 is 2.14 bits per heavy atom. The largest absolute Gasteiger partial charge is 0.481 e. The van der Waals surface area contributed by atoms with Gasteiger partial charge >= 0.3 is 5.97 Å². The summed E-state index contributed by atoms with van der Waals surface area (Å²) in [5.41, 5.74) is 2.11. The van der Waals surface area contributed by atoms with Crippen molar-refractivity contribution in [2.45, 2.75) is 38.1 Å². The Balaban J connectivity index is 1.39. The number of amides is 1. The van der Waals surface area contributed by atoms with Gasteiger partial charge in [0.15, 0.2) is 0 Å². The molecule has 0 saturated heterocycles. The third-order valence-electron chi connectivity index (χ3n) is 5.53. The first kappa shape index (κ1) is 13.7. The topological polar surface area (TPSA) is 92.2 Å². The highest BCUT2D eigenvalue weighted by Crippen LogP contribution is 2.55. The number of carboxylic acid groups (broad SMARTS) is 1. The number of nitrogens with zero attached hydrogens (tertiary/aromatic N) is 2. The van der Waals surface area contributed by atoms with Crippen LogP contribution in [0.2, 0.25) is 0 Å². The van der Waals surface area contributed by atoms with Crippen LogP contribution in [0.25, 0.3) is 0 Å². The van der Waals surface area contributed by atoms with E-state index >= 15 is 0 Å². The quantitative estimate of drug-likeness (QED) is 0.862. The molecule has 4 rings (SSSR count). The van der Waals surface area contributed by atoms with Gasteiger partial charge in [0.05, 0.1) is 5.92 Å². The van der Waals surface area contributed by atoms with Crippen molar-refractivity contribution in [3.05, 3.63) is 23.8 Å². The summed E-state index contributed by atoms with van der Waals surface area (Å²) in [5.74, 6) is -0.299. The summed E-state index contributed by atoms with van der Waals surface area (Å²) >= 11 is 0.